The SMILES string of the molecule is COc1ccc2c(=O)cc(C(=O)NC(C)C(=O)N3CCN(c4ccccc4C(=O)N4CCCCC4)CC3)oc2c1.Cc1ccc(Cl)cc1. The van der Waals surface area contributed by atoms with Crippen LogP contribution in [0.4, 0.5) is 5.69 Å². The van der Waals surface area contributed by atoms with E-state index in [0.29, 0.717) is 42.9 Å². The lowest BCUT2D eigenvalue weighted by molar-refractivity contribution is -0.133. The standard InChI is InChI=1S/C30H34N4O6.C7H7Cl/c1-20(31-28(36)27-19-25(35)23-11-10-21(39-2)18-26(23)40-27)29(37)34-16-14-32(15-17-34)24-9-5-4-8-22(24)30(38)33-12-6-3-7-13-33;1-6-2-4-7(8)5-3-6/h4-5,8-11,18-20H,3,6-7,12-17H2,1-2H3,(H,31,36);2-5H,1H3. The van der Waals surface area contributed by atoms with Crippen LogP contribution in [0.2, 0.25) is 5.02 Å². The Bertz CT molecular complexity index is 1790. The van der Waals surface area contributed by atoms with Gasteiger partial charge >= 0.3 is 0 Å². The van der Waals surface area contributed by atoms with Gasteiger partial charge in [-0.05, 0) is 69.5 Å². The fourth-order valence-corrected chi connectivity index (χ4v) is 6.00. The first-order valence-corrected chi connectivity index (χ1v) is 16.6. The number of piperazine rings is 1. The average molecular weight is 673 g/mol. The van der Waals surface area contributed by atoms with E-state index in [-0.39, 0.29) is 28.6 Å². The van der Waals surface area contributed by atoms with Gasteiger partial charge in [0.1, 0.15) is 17.4 Å². The molecule has 1 N–H and O–H groups in total. The summed E-state index contributed by atoms with van der Waals surface area (Å²) < 4.78 is 10.8. The Labute approximate surface area is 285 Å². The molecule has 252 valence electrons. The maximum atomic E-state index is 13.2. The zero-order valence-electron chi connectivity index (χ0n) is 27.5. The molecule has 0 radical (unpaired) electrons. The molecule has 0 bridgehead atoms. The second kappa shape index (κ2) is 15.8. The number of halogens is 1. The fraction of sp³-hybridized carbons (Fsp3) is 0.351. The maximum absolute atomic E-state index is 13.2. The number of hydrogen-bond acceptors (Lipinski definition) is 7. The van der Waals surface area contributed by atoms with Crippen molar-refractivity contribution in [1.82, 2.24) is 15.1 Å². The van der Waals surface area contributed by atoms with E-state index < -0.39 is 11.9 Å². The lowest BCUT2D eigenvalue weighted by atomic mass is 10.1. The number of amides is 3. The number of rotatable bonds is 6. The number of hydrogen-bond donors (Lipinski definition) is 1. The number of ether oxygens (including phenoxy) is 1. The van der Waals surface area contributed by atoms with Crippen LogP contribution in [-0.4, -0.2) is 79.9 Å². The summed E-state index contributed by atoms with van der Waals surface area (Å²) in [6.07, 6.45) is 3.22. The highest BCUT2D eigenvalue weighted by Gasteiger charge is 2.29. The van der Waals surface area contributed by atoms with Crippen molar-refractivity contribution in [1.29, 1.82) is 0 Å². The molecule has 1 unspecified atom stereocenters. The number of likely N-dealkylation sites (tertiary alicyclic amines) is 1. The van der Waals surface area contributed by atoms with Crippen molar-refractivity contribution in [3.05, 3.63) is 105 Å². The number of carbonyl (C=O) groups is 3. The predicted octanol–water partition coefficient (Wildman–Crippen LogP) is 5.54. The quantitative estimate of drug-likeness (QED) is 0.286. The third-order valence-corrected chi connectivity index (χ3v) is 8.85. The minimum absolute atomic E-state index is 0.0592. The third-order valence-electron chi connectivity index (χ3n) is 8.60. The number of nitrogens with zero attached hydrogens (tertiary/aromatic N) is 3. The van der Waals surface area contributed by atoms with E-state index in [4.69, 9.17) is 20.8 Å². The summed E-state index contributed by atoms with van der Waals surface area (Å²) in [6.45, 7) is 7.27. The smallest absolute Gasteiger partial charge is 0.287 e. The van der Waals surface area contributed by atoms with Crippen LogP contribution in [0.1, 0.15) is 52.7 Å². The molecule has 6 rings (SSSR count). The molecule has 0 spiro atoms. The first-order chi connectivity index (χ1) is 23.1. The van der Waals surface area contributed by atoms with Gasteiger partial charge in [-0.3, -0.25) is 19.2 Å². The van der Waals surface area contributed by atoms with Gasteiger partial charge in [-0.2, -0.15) is 0 Å². The lowest BCUT2D eigenvalue weighted by Gasteiger charge is -2.38. The summed E-state index contributed by atoms with van der Waals surface area (Å²) in [6, 6.07) is 20.5. The molecule has 3 aromatic carbocycles. The molecule has 0 aliphatic carbocycles. The molecule has 1 atom stereocenters. The molecule has 0 saturated carbocycles. The van der Waals surface area contributed by atoms with Crippen molar-refractivity contribution < 1.29 is 23.5 Å². The van der Waals surface area contributed by atoms with E-state index in [9.17, 15) is 19.2 Å². The number of carbonyl (C=O) groups excluding carboxylic acids is 3. The molecular formula is C37H41ClN4O6. The number of benzene rings is 3. The van der Waals surface area contributed by atoms with Crippen molar-refractivity contribution in [2.24, 2.45) is 0 Å². The van der Waals surface area contributed by atoms with Crippen molar-refractivity contribution >= 4 is 46.0 Å². The van der Waals surface area contributed by atoms with Gasteiger partial charge in [0.2, 0.25) is 5.91 Å². The molecule has 11 heteroatoms. The molecule has 2 aliphatic heterocycles. The van der Waals surface area contributed by atoms with Crippen LogP contribution in [0.15, 0.2) is 82.0 Å². The van der Waals surface area contributed by atoms with Gasteiger partial charge in [-0.1, -0.05) is 41.4 Å². The first-order valence-electron chi connectivity index (χ1n) is 16.2. The van der Waals surface area contributed by atoms with Crippen molar-refractivity contribution in [2.45, 2.75) is 39.2 Å². The Balaban J connectivity index is 0.000000494. The number of anilines is 1. The number of piperidine rings is 1. The number of para-hydroxylation sites is 1. The summed E-state index contributed by atoms with van der Waals surface area (Å²) in [5.74, 6) is -0.495. The van der Waals surface area contributed by atoms with E-state index in [2.05, 4.69) is 10.2 Å². The number of aryl methyl sites for hydroxylation is 1. The van der Waals surface area contributed by atoms with Gasteiger partial charge in [0.15, 0.2) is 11.2 Å². The molecule has 2 fully saturated rings. The van der Waals surface area contributed by atoms with Crippen LogP contribution in [0.3, 0.4) is 0 Å². The van der Waals surface area contributed by atoms with E-state index in [1.807, 2.05) is 60.4 Å². The first kappa shape index (κ1) is 34.5. The molecule has 2 saturated heterocycles. The van der Waals surface area contributed by atoms with Gasteiger partial charge in [0.25, 0.3) is 11.8 Å². The Hall–Kier alpha value is -4.83. The van der Waals surface area contributed by atoms with Crippen LogP contribution in [0.5, 0.6) is 5.75 Å². The highest BCUT2D eigenvalue weighted by Crippen LogP contribution is 2.25. The molecule has 3 amide bonds. The minimum atomic E-state index is -0.821. The largest absolute Gasteiger partial charge is 0.497 e. The van der Waals surface area contributed by atoms with Crippen LogP contribution in [0.25, 0.3) is 11.0 Å². The topological polar surface area (TPSA) is 112 Å². The van der Waals surface area contributed by atoms with E-state index >= 15 is 0 Å². The summed E-state index contributed by atoms with van der Waals surface area (Å²) in [7, 11) is 1.50. The Morgan fingerprint density at radius 3 is 2.21 bits per heavy atom. The molecule has 3 heterocycles. The highest BCUT2D eigenvalue weighted by atomic mass is 35.5. The zero-order chi connectivity index (χ0) is 34.2. The van der Waals surface area contributed by atoms with Gasteiger partial charge in [-0.15, -0.1) is 0 Å². The van der Waals surface area contributed by atoms with Gasteiger partial charge in [0, 0.05) is 62.1 Å². The Kier molecular flexibility index (Phi) is 11.4. The molecule has 4 aromatic rings. The fourth-order valence-electron chi connectivity index (χ4n) is 5.88. The van der Waals surface area contributed by atoms with Crippen molar-refractivity contribution in [3.63, 3.8) is 0 Å². The molecule has 48 heavy (non-hydrogen) atoms. The van der Waals surface area contributed by atoms with Crippen LogP contribution >= 0.6 is 11.6 Å². The number of fused-ring (bicyclic) bond motifs is 1. The monoisotopic (exact) mass is 672 g/mol. The summed E-state index contributed by atoms with van der Waals surface area (Å²) >= 11 is 5.61. The van der Waals surface area contributed by atoms with Crippen LogP contribution < -0.4 is 20.4 Å². The normalized spacial score (nSPS) is 15.3. The van der Waals surface area contributed by atoms with Crippen LogP contribution in [0, 0.1) is 6.92 Å². The summed E-state index contributed by atoms with van der Waals surface area (Å²) in [5.41, 5.74) is 2.69. The Morgan fingerprint density at radius 2 is 1.54 bits per heavy atom. The number of methoxy groups -OCH3 is 1. The van der Waals surface area contributed by atoms with E-state index in [0.717, 1.165) is 49.1 Å². The van der Waals surface area contributed by atoms with E-state index in [1.165, 1.54) is 12.7 Å². The summed E-state index contributed by atoms with van der Waals surface area (Å²) in [4.78, 5) is 57.5. The lowest BCUT2D eigenvalue weighted by Crippen LogP contribution is -2.54. The second-order valence-electron chi connectivity index (χ2n) is 12.0. The van der Waals surface area contributed by atoms with Crippen LogP contribution in [-0.2, 0) is 4.79 Å². The molecule has 1 aromatic heterocycles. The van der Waals surface area contributed by atoms with Crippen molar-refractivity contribution in [2.75, 3.05) is 51.3 Å². The zero-order valence-corrected chi connectivity index (χ0v) is 28.3. The maximum Gasteiger partial charge on any atom is 0.287 e. The van der Waals surface area contributed by atoms with E-state index in [1.54, 1.807) is 30.0 Å². The summed E-state index contributed by atoms with van der Waals surface area (Å²) in [5, 5.41) is 3.79. The van der Waals surface area contributed by atoms with Gasteiger partial charge in [0.05, 0.1) is 18.1 Å². The number of nitrogens with one attached hydrogen (secondary N) is 1. The highest BCUT2D eigenvalue weighted by molar-refractivity contribution is 6.30. The third kappa shape index (κ3) is 8.36. The predicted molar refractivity (Wildman–Crippen MR) is 187 cm³/mol. The molecule has 2 aliphatic rings. The van der Waals surface area contributed by atoms with Crippen molar-refractivity contribution in [3.8, 4) is 5.75 Å². The van der Waals surface area contributed by atoms with Gasteiger partial charge in [-0.25, -0.2) is 0 Å². The second-order valence-corrected chi connectivity index (χ2v) is 12.4. The molecule has 10 nitrogen and oxygen atoms in total. The molecular weight excluding hydrogens is 632 g/mol. The Morgan fingerprint density at radius 1 is 0.854 bits per heavy atom. The van der Waals surface area contributed by atoms with Gasteiger partial charge < -0.3 is 29.2 Å². The average Bonchev–Trinajstić information content (AvgIpc) is 3.12. The minimum Gasteiger partial charge on any atom is -0.497 e.